The molecule has 0 saturated carbocycles. The van der Waals surface area contributed by atoms with Crippen molar-refractivity contribution in [1.82, 2.24) is 0 Å². The molecule has 0 aliphatic heterocycles. The van der Waals surface area contributed by atoms with E-state index >= 15 is 0 Å². The Kier molecular flexibility index (Phi) is 3.41. The van der Waals surface area contributed by atoms with Crippen LogP contribution in [0.5, 0.6) is 10.8 Å². The zero-order valence-corrected chi connectivity index (χ0v) is 10.3. The van der Waals surface area contributed by atoms with Crippen molar-refractivity contribution in [2.45, 2.75) is 6.54 Å². The minimum absolute atomic E-state index is 0.562. The maximum atomic E-state index is 5.67. The highest BCUT2D eigenvalue weighted by Crippen LogP contribution is 2.30. The van der Waals surface area contributed by atoms with Crippen molar-refractivity contribution in [2.75, 3.05) is 0 Å². The van der Waals surface area contributed by atoms with Gasteiger partial charge in [-0.3, -0.25) is 0 Å². The molecule has 0 saturated heterocycles. The minimum Gasteiger partial charge on any atom is -0.447 e. The van der Waals surface area contributed by atoms with Crippen LogP contribution < -0.4 is 10.5 Å². The monoisotopic (exact) mass is 283 g/mol. The normalized spacial score (nSPS) is 10.3. The molecule has 0 spiro atoms. The topological polar surface area (TPSA) is 35.2 Å². The first-order valence-corrected chi connectivity index (χ1v) is 6.11. The SMILES string of the molecule is NCc1ccc(Oc2cccc(Br)c2)s1. The summed E-state index contributed by atoms with van der Waals surface area (Å²) >= 11 is 4.97. The molecule has 1 aromatic carbocycles. The quantitative estimate of drug-likeness (QED) is 0.931. The van der Waals surface area contributed by atoms with Gasteiger partial charge in [0.25, 0.3) is 0 Å². The van der Waals surface area contributed by atoms with Gasteiger partial charge in [0.15, 0.2) is 5.06 Å². The second kappa shape index (κ2) is 4.79. The zero-order chi connectivity index (χ0) is 10.7. The molecule has 0 bridgehead atoms. The Balaban J connectivity index is 2.14. The van der Waals surface area contributed by atoms with Gasteiger partial charge in [0, 0.05) is 15.9 Å². The number of nitrogens with two attached hydrogens (primary N) is 1. The number of hydrogen-bond acceptors (Lipinski definition) is 3. The Morgan fingerprint density at radius 2 is 2.13 bits per heavy atom. The average molecular weight is 284 g/mol. The van der Waals surface area contributed by atoms with Gasteiger partial charge in [-0.2, -0.15) is 0 Å². The van der Waals surface area contributed by atoms with Crippen LogP contribution in [0.15, 0.2) is 40.9 Å². The van der Waals surface area contributed by atoms with Gasteiger partial charge in [-0.1, -0.05) is 22.0 Å². The van der Waals surface area contributed by atoms with Crippen LogP contribution in [0.4, 0.5) is 0 Å². The van der Waals surface area contributed by atoms with Crippen molar-refractivity contribution in [1.29, 1.82) is 0 Å². The molecule has 1 heterocycles. The molecule has 2 rings (SSSR count). The second-order valence-electron chi connectivity index (χ2n) is 2.98. The third kappa shape index (κ3) is 2.81. The fourth-order valence-corrected chi connectivity index (χ4v) is 2.30. The molecule has 4 heteroatoms. The van der Waals surface area contributed by atoms with E-state index in [0.717, 1.165) is 20.2 Å². The Hall–Kier alpha value is -0.840. The lowest BCUT2D eigenvalue weighted by Crippen LogP contribution is -1.91. The molecule has 0 aliphatic rings. The number of benzene rings is 1. The van der Waals surface area contributed by atoms with E-state index in [1.807, 2.05) is 36.4 Å². The molecule has 1 aromatic heterocycles. The van der Waals surface area contributed by atoms with Crippen LogP contribution in [-0.2, 0) is 6.54 Å². The third-order valence-electron chi connectivity index (χ3n) is 1.85. The van der Waals surface area contributed by atoms with Gasteiger partial charge in [0.1, 0.15) is 5.75 Å². The summed E-state index contributed by atoms with van der Waals surface area (Å²) in [5.74, 6) is 0.829. The Morgan fingerprint density at radius 3 is 2.80 bits per heavy atom. The highest BCUT2D eigenvalue weighted by atomic mass is 79.9. The van der Waals surface area contributed by atoms with Crippen molar-refractivity contribution in [3.63, 3.8) is 0 Å². The van der Waals surface area contributed by atoms with Crippen LogP contribution in [0.3, 0.4) is 0 Å². The molecule has 0 amide bonds. The molecule has 2 nitrogen and oxygen atoms in total. The molecule has 15 heavy (non-hydrogen) atoms. The van der Waals surface area contributed by atoms with Gasteiger partial charge in [-0.25, -0.2) is 0 Å². The molecule has 2 aromatic rings. The van der Waals surface area contributed by atoms with Crippen molar-refractivity contribution >= 4 is 27.3 Å². The smallest absolute Gasteiger partial charge is 0.181 e. The van der Waals surface area contributed by atoms with Crippen molar-refractivity contribution in [2.24, 2.45) is 5.73 Å². The average Bonchev–Trinajstić information content (AvgIpc) is 2.65. The highest BCUT2D eigenvalue weighted by Gasteiger charge is 2.01. The van der Waals surface area contributed by atoms with Gasteiger partial charge in [0.05, 0.1) is 0 Å². The lowest BCUT2D eigenvalue weighted by Gasteiger charge is -2.02. The van der Waals surface area contributed by atoms with Crippen molar-refractivity contribution < 1.29 is 4.74 Å². The van der Waals surface area contributed by atoms with Crippen LogP contribution in [0.25, 0.3) is 0 Å². The van der Waals surface area contributed by atoms with E-state index < -0.39 is 0 Å². The van der Waals surface area contributed by atoms with Gasteiger partial charge < -0.3 is 10.5 Å². The first kappa shape index (κ1) is 10.7. The summed E-state index contributed by atoms with van der Waals surface area (Å²) in [5, 5.41) is 0.869. The lowest BCUT2D eigenvalue weighted by atomic mass is 10.3. The maximum absolute atomic E-state index is 5.67. The van der Waals surface area contributed by atoms with Crippen LogP contribution in [0.1, 0.15) is 4.88 Å². The summed E-state index contributed by atoms with van der Waals surface area (Å²) in [7, 11) is 0. The van der Waals surface area contributed by atoms with E-state index in [1.54, 1.807) is 11.3 Å². The summed E-state index contributed by atoms with van der Waals surface area (Å²) in [4.78, 5) is 1.12. The molecule has 0 unspecified atom stereocenters. The highest BCUT2D eigenvalue weighted by molar-refractivity contribution is 9.10. The first-order valence-electron chi connectivity index (χ1n) is 4.50. The van der Waals surface area contributed by atoms with Gasteiger partial charge in [-0.15, -0.1) is 11.3 Å². The van der Waals surface area contributed by atoms with E-state index in [4.69, 9.17) is 10.5 Å². The van der Waals surface area contributed by atoms with Crippen LogP contribution in [0.2, 0.25) is 0 Å². The fraction of sp³-hybridized carbons (Fsp3) is 0.0909. The largest absolute Gasteiger partial charge is 0.447 e. The maximum Gasteiger partial charge on any atom is 0.181 e. The minimum atomic E-state index is 0.562. The van der Waals surface area contributed by atoms with E-state index in [1.165, 1.54) is 0 Å². The number of rotatable bonds is 3. The Bertz CT molecular complexity index is 455. The molecule has 78 valence electrons. The Labute approximate surface area is 101 Å². The standard InChI is InChI=1S/C11H10BrNOS/c12-8-2-1-3-9(6-8)14-11-5-4-10(7-13)15-11/h1-6H,7,13H2. The molecule has 0 aliphatic carbocycles. The molecule has 0 atom stereocenters. The summed E-state index contributed by atoms with van der Waals surface area (Å²) in [6.07, 6.45) is 0. The third-order valence-corrected chi connectivity index (χ3v) is 3.33. The number of ether oxygens (including phenoxy) is 1. The number of thiophene rings is 1. The van der Waals surface area contributed by atoms with E-state index in [9.17, 15) is 0 Å². The second-order valence-corrected chi connectivity index (χ2v) is 5.03. The lowest BCUT2D eigenvalue weighted by molar-refractivity contribution is 0.496. The molecule has 0 radical (unpaired) electrons. The number of hydrogen-bond donors (Lipinski definition) is 1. The van der Waals surface area contributed by atoms with Crippen LogP contribution in [0, 0.1) is 0 Å². The summed E-state index contributed by atoms with van der Waals surface area (Å²) < 4.78 is 6.68. The van der Waals surface area contributed by atoms with E-state index in [0.29, 0.717) is 6.54 Å². The number of halogens is 1. The van der Waals surface area contributed by atoms with Crippen molar-refractivity contribution in [3.05, 3.63) is 45.7 Å². The molecule has 0 fully saturated rings. The summed E-state index contributed by atoms with van der Waals surface area (Å²) in [6, 6.07) is 11.7. The predicted octanol–water partition coefficient (Wildman–Crippen LogP) is 3.76. The molecular formula is C11H10BrNOS. The van der Waals surface area contributed by atoms with Gasteiger partial charge >= 0.3 is 0 Å². The first-order chi connectivity index (χ1) is 7.28. The van der Waals surface area contributed by atoms with Crippen LogP contribution in [-0.4, -0.2) is 0 Å². The molecular weight excluding hydrogens is 274 g/mol. The summed E-state index contributed by atoms with van der Waals surface area (Å²) in [5.41, 5.74) is 5.53. The van der Waals surface area contributed by atoms with Crippen molar-refractivity contribution in [3.8, 4) is 10.8 Å². The van der Waals surface area contributed by atoms with Gasteiger partial charge in [-0.05, 0) is 30.3 Å². The fourth-order valence-electron chi connectivity index (χ4n) is 1.17. The van der Waals surface area contributed by atoms with E-state index in [2.05, 4.69) is 15.9 Å². The summed E-state index contributed by atoms with van der Waals surface area (Å²) in [6.45, 7) is 0.562. The van der Waals surface area contributed by atoms with Gasteiger partial charge in [0.2, 0.25) is 0 Å². The van der Waals surface area contributed by atoms with E-state index in [-0.39, 0.29) is 0 Å². The Morgan fingerprint density at radius 1 is 1.27 bits per heavy atom. The van der Waals surface area contributed by atoms with Crippen LogP contribution >= 0.6 is 27.3 Å². The molecule has 2 N–H and O–H groups in total. The predicted molar refractivity (Wildman–Crippen MR) is 66.4 cm³/mol. The zero-order valence-electron chi connectivity index (χ0n) is 7.94.